The predicted octanol–water partition coefficient (Wildman–Crippen LogP) is 2.81. The minimum atomic E-state index is -4.54. The SMILES string of the molecule is NCc1cc(C(=O)Nc2ccccc2C(F)(F)F)ccn1. The fraction of sp³-hybridized carbons (Fsp3) is 0.143. The van der Waals surface area contributed by atoms with E-state index in [9.17, 15) is 18.0 Å². The summed E-state index contributed by atoms with van der Waals surface area (Å²) in [5.74, 6) is -0.649. The van der Waals surface area contributed by atoms with Crippen molar-refractivity contribution in [1.82, 2.24) is 4.98 Å². The Balaban J connectivity index is 2.28. The highest BCUT2D eigenvalue weighted by Crippen LogP contribution is 2.34. The molecule has 0 aliphatic heterocycles. The summed E-state index contributed by atoms with van der Waals surface area (Å²) >= 11 is 0. The van der Waals surface area contributed by atoms with Gasteiger partial charge < -0.3 is 11.1 Å². The highest BCUT2D eigenvalue weighted by atomic mass is 19.4. The van der Waals surface area contributed by atoms with E-state index in [1.165, 1.54) is 36.5 Å². The van der Waals surface area contributed by atoms with E-state index in [1.807, 2.05) is 0 Å². The first-order valence-electron chi connectivity index (χ1n) is 6.04. The van der Waals surface area contributed by atoms with Crippen LogP contribution in [0.25, 0.3) is 0 Å². The summed E-state index contributed by atoms with van der Waals surface area (Å²) in [7, 11) is 0. The normalized spacial score (nSPS) is 11.2. The van der Waals surface area contributed by atoms with Crippen molar-refractivity contribution in [3.63, 3.8) is 0 Å². The number of nitrogens with zero attached hydrogens (tertiary/aromatic N) is 1. The van der Waals surface area contributed by atoms with Gasteiger partial charge in [-0.3, -0.25) is 9.78 Å². The smallest absolute Gasteiger partial charge is 0.325 e. The van der Waals surface area contributed by atoms with Crippen molar-refractivity contribution in [2.45, 2.75) is 12.7 Å². The molecule has 0 aliphatic carbocycles. The number of pyridine rings is 1. The zero-order valence-electron chi connectivity index (χ0n) is 10.8. The van der Waals surface area contributed by atoms with Gasteiger partial charge in [-0.05, 0) is 24.3 Å². The number of carbonyl (C=O) groups is 1. The number of hydrogen-bond acceptors (Lipinski definition) is 3. The molecule has 0 spiro atoms. The lowest BCUT2D eigenvalue weighted by Gasteiger charge is -2.13. The second-order valence-electron chi connectivity index (χ2n) is 4.24. The van der Waals surface area contributed by atoms with Crippen LogP contribution in [-0.2, 0) is 12.7 Å². The molecule has 0 saturated carbocycles. The summed E-state index contributed by atoms with van der Waals surface area (Å²) in [5, 5.41) is 2.26. The van der Waals surface area contributed by atoms with E-state index in [0.717, 1.165) is 6.07 Å². The Labute approximate surface area is 118 Å². The number of aromatic nitrogens is 1. The molecule has 1 heterocycles. The third-order valence-corrected chi connectivity index (χ3v) is 2.77. The van der Waals surface area contributed by atoms with E-state index in [0.29, 0.717) is 5.69 Å². The maximum Gasteiger partial charge on any atom is 0.418 e. The first kappa shape index (κ1) is 15.0. The summed E-state index contributed by atoms with van der Waals surface area (Å²) in [4.78, 5) is 15.9. The minimum Gasteiger partial charge on any atom is -0.325 e. The van der Waals surface area contributed by atoms with Gasteiger partial charge >= 0.3 is 6.18 Å². The van der Waals surface area contributed by atoms with Gasteiger partial charge in [0.1, 0.15) is 0 Å². The predicted molar refractivity (Wildman–Crippen MR) is 71.5 cm³/mol. The molecule has 0 aliphatic rings. The Morgan fingerprint density at radius 1 is 1.24 bits per heavy atom. The first-order valence-corrected chi connectivity index (χ1v) is 6.04. The summed E-state index contributed by atoms with van der Waals surface area (Å²) in [6, 6.07) is 7.63. The molecule has 21 heavy (non-hydrogen) atoms. The summed E-state index contributed by atoms with van der Waals surface area (Å²) in [6.07, 6.45) is -3.16. The van der Waals surface area contributed by atoms with Crippen LogP contribution in [0.2, 0.25) is 0 Å². The van der Waals surface area contributed by atoms with Crippen LogP contribution in [0.15, 0.2) is 42.6 Å². The second kappa shape index (κ2) is 5.92. The molecule has 2 rings (SSSR count). The van der Waals surface area contributed by atoms with Crippen LogP contribution in [0, 0.1) is 0 Å². The topological polar surface area (TPSA) is 68.0 Å². The highest BCUT2D eigenvalue weighted by molar-refractivity contribution is 6.04. The summed E-state index contributed by atoms with van der Waals surface area (Å²) in [6.45, 7) is 0.139. The van der Waals surface area contributed by atoms with Crippen LogP contribution in [0.5, 0.6) is 0 Å². The molecule has 0 unspecified atom stereocenters. The number of amides is 1. The van der Waals surface area contributed by atoms with Gasteiger partial charge in [0.05, 0.1) is 16.9 Å². The van der Waals surface area contributed by atoms with Crippen LogP contribution in [0.3, 0.4) is 0 Å². The number of alkyl halides is 3. The molecule has 4 nitrogen and oxygen atoms in total. The van der Waals surface area contributed by atoms with Gasteiger partial charge in [-0.2, -0.15) is 13.2 Å². The molecule has 0 bridgehead atoms. The summed E-state index contributed by atoms with van der Waals surface area (Å²) < 4.78 is 38.5. The number of rotatable bonds is 3. The molecule has 1 aromatic heterocycles. The summed E-state index contributed by atoms with van der Waals surface area (Å²) in [5.41, 5.74) is 4.90. The average Bonchev–Trinajstić information content (AvgIpc) is 2.46. The molecule has 7 heteroatoms. The van der Waals surface area contributed by atoms with Gasteiger partial charge in [0.15, 0.2) is 0 Å². The fourth-order valence-electron chi connectivity index (χ4n) is 1.76. The van der Waals surface area contributed by atoms with Gasteiger partial charge in [-0.15, -0.1) is 0 Å². The highest BCUT2D eigenvalue weighted by Gasteiger charge is 2.33. The third-order valence-electron chi connectivity index (χ3n) is 2.77. The van der Waals surface area contributed by atoms with Gasteiger partial charge in [-0.1, -0.05) is 12.1 Å². The van der Waals surface area contributed by atoms with E-state index in [4.69, 9.17) is 5.73 Å². The number of halogens is 3. The molecule has 1 aromatic carbocycles. The zero-order chi connectivity index (χ0) is 15.5. The molecular weight excluding hydrogens is 283 g/mol. The third kappa shape index (κ3) is 3.57. The zero-order valence-corrected chi connectivity index (χ0v) is 10.8. The average molecular weight is 295 g/mol. The lowest BCUT2D eigenvalue weighted by Crippen LogP contribution is -2.17. The van der Waals surface area contributed by atoms with Crippen molar-refractivity contribution in [1.29, 1.82) is 0 Å². The maximum atomic E-state index is 12.8. The van der Waals surface area contributed by atoms with Gasteiger partial charge in [0.2, 0.25) is 0 Å². The standard InChI is InChI=1S/C14H12F3N3O/c15-14(16,17)11-3-1-2-4-12(11)20-13(21)9-5-6-19-10(7-9)8-18/h1-7H,8,18H2,(H,20,21). The number of carbonyl (C=O) groups excluding carboxylic acids is 1. The fourth-order valence-corrected chi connectivity index (χ4v) is 1.76. The monoisotopic (exact) mass is 295 g/mol. The van der Waals surface area contributed by atoms with Crippen molar-refractivity contribution in [3.05, 3.63) is 59.4 Å². The van der Waals surface area contributed by atoms with Gasteiger partial charge in [0.25, 0.3) is 5.91 Å². The number of para-hydroxylation sites is 1. The van der Waals surface area contributed by atoms with Gasteiger partial charge in [0, 0.05) is 18.3 Å². The van der Waals surface area contributed by atoms with Crippen molar-refractivity contribution < 1.29 is 18.0 Å². The van der Waals surface area contributed by atoms with Crippen LogP contribution in [-0.4, -0.2) is 10.9 Å². The van der Waals surface area contributed by atoms with E-state index in [2.05, 4.69) is 10.3 Å². The van der Waals surface area contributed by atoms with Crippen LogP contribution >= 0.6 is 0 Å². The number of anilines is 1. The molecule has 110 valence electrons. The number of nitrogens with two attached hydrogens (primary N) is 1. The number of hydrogen-bond donors (Lipinski definition) is 2. The van der Waals surface area contributed by atoms with Gasteiger partial charge in [-0.25, -0.2) is 0 Å². The molecule has 0 atom stereocenters. The van der Waals surface area contributed by atoms with Crippen LogP contribution in [0.1, 0.15) is 21.6 Å². The second-order valence-corrected chi connectivity index (χ2v) is 4.24. The Kier molecular flexibility index (Phi) is 4.23. The Morgan fingerprint density at radius 3 is 2.62 bits per heavy atom. The van der Waals surface area contributed by atoms with E-state index in [1.54, 1.807) is 0 Å². The maximum absolute atomic E-state index is 12.8. The molecule has 0 fully saturated rings. The van der Waals surface area contributed by atoms with E-state index in [-0.39, 0.29) is 17.8 Å². The molecular formula is C14H12F3N3O. The molecule has 0 saturated heterocycles. The quantitative estimate of drug-likeness (QED) is 0.915. The van der Waals surface area contributed by atoms with Crippen molar-refractivity contribution in [3.8, 4) is 0 Å². The van der Waals surface area contributed by atoms with E-state index < -0.39 is 17.6 Å². The molecule has 2 aromatic rings. The number of nitrogens with one attached hydrogen (secondary N) is 1. The molecule has 0 radical (unpaired) electrons. The van der Waals surface area contributed by atoms with Crippen molar-refractivity contribution in [2.75, 3.05) is 5.32 Å². The molecule has 1 amide bonds. The Hall–Kier alpha value is -2.41. The lowest BCUT2D eigenvalue weighted by molar-refractivity contribution is -0.136. The Morgan fingerprint density at radius 2 is 1.95 bits per heavy atom. The number of benzene rings is 1. The van der Waals surface area contributed by atoms with Crippen LogP contribution in [0.4, 0.5) is 18.9 Å². The van der Waals surface area contributed by atoms with Crippen molar-refractivity contribution in [2.24, 2.45) is 5.73 Å². The first-order chi connectivity index (χ1) is 9.91. The lowest BCUT2D eigenvalue weighted by atomic mass is 10.1. The van der Waals surface area contributed by atoms with E-state index >= 15 is 0 Å². The largest absolute Gasteiger partial charge is 0.418 e. The van der Waals surface area contributed by atoms with Crippen molar-refractivity contribution >= 4 is 11.6 Å². The minimum absolute atomic E-state index is 0.139. The van der Waals surface area contributed by atoms with Crippen LogP contribution < -0.4 is 11.1 Å². The molecule has 3 N–H and O–H groups in total. The Bertz CT molecular complexity index is 656.